The van der Waals surface area contributed by atoms with E-state index in [2.05, 4.69) is 16.7 Å². The first-order valence-corrected chi connectivity index (χ1v) is 6.06. The third kappa shape index (κ3) is 2.56. The second kappa shape index (κ2) is 5.73. The molecule has 0 bridgehead atoms. The molecule has 1 aliphatic heterocycles. The van der Waals surface area contributed by atoms with E-state index in [0.717, 1.165) is 25.9 Å². The van der Waals surface area contributed by atoms with Crippen molar-refractivity contribution in [2.75, 3.05) is 13.1 Å². The molecule has 0 spiro atoms. The molecule has 5 nitrogen and oxygen atoms in total. The Labute approximate surface area is 106 Å². The predicted octanol–water partition coefficient (Wildman–Crippen LogP) is 0.807. The average Bonchev–Trinajstić information content (AvgIpc) is 2.94. The number of nitrogens with zero attached hydrogens (tertiary/aromatic N) is 3. The topological polar surface area (TPSA) is 65.8 Å². The van der Waals surface area contributed by atoms with Crippen LogP contribution in [0, 0.1) is 0 Å². The number of aliphatic hydroxyl groups is 1. The number of rotatable bonds is 4. The zero-order chi connectivity index (χ0) is 13.0. The van der Waals surface area contributed by atoms with Crippen LogP contribution in [0.3, 0.4) is 0 Å². The lowest BCUT2D eigenvalue weighted by atomic mass is 10.0. The van der Waals surface area contributed by atoms with Gasteiger partial charge >= 0.3 is 0 Å². The first-order chi connectivity index (χ1) is 8.74. The summed E-state index contributed by atoms with van der Waals surface area (Å²) < 4.78 is 0. The number of aliphatic imine (C=N–C) groups is 1. The Morgan fingerprint density at radius 3 is 2.78 bits per heavy atom. The number of aromatic nitrogens is 1. The van der Waals surface area contributed by atoms with Gasteiger partial charge in [0.25, 0.3) is 0 Å². The van der Waals surface area contributed by atoms with Crippen LogP contribution in [-0.2, 0) is 4.79 Å². The van der Waals surface area contributed by atoms with Crippen molar-refractivity contribution in [3.05, 3.63) is 30.1 Å². The number of amides is 1. The number of carbonyl (C=O) groups is 1. The average molecular weight is 247 g/mol. The van der Waals surface area contributed by atoms with Gasteiger partial charge in [-0.05, 0) is 25.6 Å². The predicted molar refractivity (Wildman–Crippen MR) is 68.3 cm³/mol. The largest absolute Gasteiger partial charge is 0.386 e. The Bertz CT molecular complexity index is 416. The summed E-state index contributed by atoms with van der Waals surface area (Å²) in [6.07, 6.45) is 4.20. The third-order valence-electron chi connectivity index (χ3n) is 3.19. The van der Waals surface area contributed by atoms with Crippen LogP contribution in [0.4, 0.5) is 0 Å². The molecule has 1 saturated heterocycles. The van der Waals surface area contributed by atoms with Crippen molar-refractivity contribution in [2.24, 2.45) is 4.99 Å². The quantitative estimate of drug-likeness (QED) is 0.801. The molecule has 0 saturated carbocycles. The van der Waals surface area contributed by atoms with Gasteiger partial charge in [-0.15, -0.1) is 0 Å². The standard InChI is InChI=1S/C13H17N3O2/c1-14-11(13(18)16-7-2-3-8-16)12(17)10-5-4-6-15-9-10/h4-6,9,11-12,17H,1-3,7-8H2. The van der Waals surface area contributed by atoms with Gasteiger partial charge in [-0.2, -0.15) is 0 Å². The first-order valence-electron chi connectivity index (χ1n) is 6.06. The number of hydrogen-bond donors (Lipinski definition) is 1. The van der Waals surface area contributed by atoms with Crippen LogP contribution in [-0.4, -0.2) is 46.7 Å². The molecule has 1 aromatic heterocycles. The van der Waals surface area contributed by atoms with Gasteiger partial charge in [-0.25, -0.2) is 0 Å². The fourth-order valence-electron chi connectivity index (χ4n) is 2.17. The maximum Gasteiger partial charge on any atom is 0.250 e. The van der Waals surface area contributed by atoms with E-state index in [0.29, 0.717) is 5.56 Å². The van der Waals surface area contributed by atoms with E-state index in [4.69, 9.17) is 0 Å². The molecule has 1 aromatic rings. The lowest BCUT2D eigenvalue weighted by molar-refractivity contribution is -0.134. The van der Waals surface area contributed by atoms with E-state index < -0.39 is 12.1 Å². The summed E-state index contributed by atoms with van der Waals surface area (Å²) in [5.74, 6) is -0.154. The number of carbonyl (C=O) groups excluding carboxylic acids is 1. The Hall–Kier alpha value is -1.75. The molecule has 0 aromatic carbocycles. The maximum absolute atomic E-state index is 12.2. The highest BCUT2D eigenvalue weighted by Crippen LogP contribution is 2.21. The van der Waals surface area contributed by atoms with Crippen molar-refractivity contribution >= 4 is 12.6 Å². The van der Waals surface area contributed by atoms with E-state index in [1.807, 2.05) is 0 Å². The Morgan fingerprint density at radius 1 is 1.50 bits per heavy atom. The molecule has 5 heteroatoms. The van der Waals surface area contributed by atoms with Gasteiger partial charge in [-0.3, -0.25) is 14.8 Å². The molecule has 96 valence electrons. The fraction of sp³-hybridized carbons (Fsp3) is 0.462. The van der Waals surface area contributed by atoms with Gasteiger partial charge in [0.2, 0.25) is 5.91 Å². The van der Waals surface area contributed by atoms with E-state index in [1.54, 1.807) is 29.4 Å². The van der Waals surface area contributed by atoms with Gasteiger partial charge in [0, 0.05) is 31.0 Å². The van der Waals surface area contributed by atoms with Crippen LogP contribution in [0.25, 0.3) is 0 Å². The lowest BCUT2D eigenvalue weighted by Gasteiger charge is -2.23. The molecule has 2 rings (SSSR count). The van der Waals surface area contributed by atoms with Crippen molar-refractivity contribution < 1.29 is 9.90 Å². The number of likely N-dealkylation sites (tertiary alicyclic amines) is 1. The minimum atomic E-state index is -0.982. The summed E-state index contributed by atoms with van der Waals surface area (Å²) in [6, 6.07) is 2.61. The van der Waals surface area contributed by atoms with Crippen molar-refractivity contribution in [3.8, 4) is 0 Å². The number of hydrogen-bond acceptors (Lipinski definition) is 4. The van der Waals surface area contributed by atoms with E-state index in [-0.39, 0.29) is 5.91 Å². The molecular weight excluding hydrogens is 230 g/mol. The molecule has 1 amide bonds. The molecule has 1 aliphatic rings. The van der Waals surface area contributed by atoms with Gasteiger partial charge in [0.05, 0.1) is 0 Å². The Balaban J connectivity index is 2.12. The van der Waals surface area contributed by atoms with Crippen LogP contribution in [0.2, 0.25) is 0 Å². The molecular formula is C13H17N3O2. The third-order valence-corrected chi connectivity index (χ3v) is 3.19. The first kappa shape index (κ1) is 12.7. The van der Waals surface area contributed by atoms with E-state index in [1.165, 1.54) is 0 Å². The lowest BCUT2D eigenvalue weighted by Crippen LogP contribution is -2.39. The molecule has 2 atom stereocenters. The summed E-state index contributed by atoms with van der Waals surface area (Å²) >= 11 is 0. The van der Waals surface area contributed by atoms with Gasteiger partial charge < -0.3 is 10.0 Å². The molecule has 0 radical (unpaired) electrons. The van der Waals surface area contributed by atoms with Crippen LogP contribution in [0.1, 0.15) is 24.5 Å². The monoisotopic (exact) mass is 247 g/mol. The van der Waals surface area contributed by atoms with Crippen molar-refractivity contribution in [1.29, 1.82) is 0 Å². The fourth-order valence-corrected chi connectivity index (χ4v) is 2.17. The van der Waals surface area contributed by atoms with Crippen LogP contribution in [0.5, 0.6) is 0 Å². The molecule has 0 aliphatic carbocycles. The summed E-state index contributed by atoms with van der Waals surface area (Å²) in [7, 11) is 0. The summed E-state index contributed by atoms with van der Waals surface area (Å²) in [5.41, 5.74) is 0.586. The van der Waals surface area contributed by atoms with Crippen molar-refractivity contribution in [2.45, 2.75) is 25.0 Å². The molecule has 18 heavy (non-hydrogen) atoms. The molecule has 1 N–H and O–H groups in total. The van der Waals surface area contributed by atoms with Crippen LogP contribution in [0.15, 0.2) is 29.5 Å². The van der Waals surface area contributed by atoms with E-state index in [9.17, 15) is 9.90 Å². The zero-order valence-electron chi connectivity index (χ0n) is 10.2. The summed E-state index contributed by atoms with van der Waals surface area (Å²) in [6.45, 7) is 4.90. The van der Waals surface area contributed by atoms with Crippen molar-refractivity contribution in [3.63, 3.8) is 0 Å². The minimum absolute atomic E-state index is 0.154. The van der Waals surface area contributed by atoms with Crippen LogP contribution < -0.4 is 0 Å². The SMILES string of the molecule is C=NC(C(=O)N1CCCC1)C(O)c1cccnc1. The minimum Gasteiger partial charge on any atom is -0.386 e. The van der Waals surface area contributed by atoms with E-state index >= 15 is 0 Å². The maximum atomic E-state index is 12.2. The smallest absolute Gasteiger partial charge is 0.250 e. The second-order valence-electron chi connectivity index (χ2n) is 4.39. The normalized spacial score (nSPS) is 18.4. The number of pyridine rings is 1. The van der Waals surface area contributed by atoms with Crippen molar-refractivity contribution in [1.82, 2.24) is 9.88 Å². The zero-order valence-corrected chi connectivity index (χ0v) is 10.2. The molecule has 2 heterocycles. The second-order valence-corrected chi connectivity index (χ2v) is 4.39. The molecule has 1 fully saturated rings. The Kier molecular flexibility index (Phi) is 4.04. The highest BCUT2D eigenvalue weighted by atomic mass is 16.3. The highest BCUT2D eigenvalue weighted by molar-refractivity contribution is 5.83. The molecule has 2 unspecified atom stereocenters. The van der Waals surface area contributed by atoms with Gasteiger partial charge in [0.1, 0.15) is 6.10 Å². The number of aliphatic hydroxyl groups excluding tert-OH is 1. The highest BCUT2D eigenvalue weighted by Gasteiger charge is 2.31. The summed E-state index contributed by atoms with van der Waals surface area (Å²) in [5, 5.41) is 10.2. The summed E-state index contributed by atoms with van der Waals surface area (Å²) in [4.78, 5) is 21.7. The van der Waals surface area contributed by atoms with Gasteiger partial charge in [0.15, 0.2) is 6.04 Å². The van der Waals surface area contributed by atoms with Crippen LogP contribution >= 0.6 is 0 Å². The van der Waals surface area contributed by atoms with Gasteiger partial charge in [-0.1, -0.05) is 6.07 Å². The Morgan fingerprint density at radius 2 is 2.22 bits per heavy atom.